The maximum Gasteiger partial charge on any atom is 0.122 e. The molecule has 0 aromatic heterocycles. The molecule has 0 radical (unpaired) electrons. The summed E-state index contributed by atoms with van der Waals surface area (Å²) >= 11 is 0. The first-order valence-corrected chi connectivity index (χ1v) is 13.5. The molecule has 0 aromatic carbocycles. The maximum absolute atomic E-state index is 11.8. The molecule has 2 heterocycles. The smallest absolute Gasteiger partial charge is 0.122 e. The number of nitrogens with one attached hydrogen (secondary N) is 1. The molecule has 2 aliphatic heterocycles. The predicted molar refractivity (Wildman–Crippen MR) is 121 cm³/mol. The summed E-state index contributed by atoms with van der Waals surface area (Å²) in [4.78, 5) is 0. The lowest BCUT2D eigenvalue weighted by Crippen LogP contribution is -2.59. The van der Waals surface area contributed by atoms with Gasteiger partial charge in [-0.15, -0.1) is 0 Å². The zero-order valence-corrected chi connectivity index (χ0v) is 20.1. The van der Waals surface area contributed by atoms with Crippen molar-refractivity contribution in [1.29, 1.82) is 0 Å². The minimum atomic E-state index is -0.319. The first-order chi connectivity index (χ1) is 14.7. The number of piperidine rings is 1. The third-order valence-electron chi connectivity index (χ3n) is 12.1. The fourth-order valence-electron chi connectivity index (χ4n) is 10.5. The molecule has 3 N–H and O–H groups in total. The van der Waals surface area contributed by atoms with Gasteiger partial charge in [-0.25, -0.2) is 0 Å². The van der Waals surface area contributed by atoms with Gasteiger partial charge in [-0.05, 0) is 98.2 Å². The molecule has 9 unspecified atom stereocenters. The number of ether oxygens (including phenoxy) is 1. The SMILES string of the molecule is CC1CCC2(NC1)OC1C(O)C3C4CCC5C[C@@H](O)CC[C@]5(C)C4CC[C@]3(C)C1[C@@H]2C. The lowest BCUT2D eigenvalue weighted by molar-refractivity contribution is -0.170. The minimum absolute atomic E-state index is 0.00311. The van der Waals surface area contributed by atoms with E-state index in [9.17, 15) is 10.2 Å². The van der Waals surface area contributed by atoms with Crippen LogP contribution in [0.4, 0.5) is 0 Å². The number of hydrogen-bond donors (Lipinski definition) is 3. The molecule has 0 aromatic rings. The topological polar surface area (TPSA) is 61.7 Å². The molecular formula is C27H45NO3. The molecule has 4 aliphatic carbocycles. The van der Waals surface area contributed by atoms with Crippen LogP contribution in [0.2, 0.25) is 0 Å². The van der Waals surface area contributed by atoms with Gasteiger partial charge >= 0.3 is 0 Å². The molecule has 1 spiro atoms. The van der Waals surface area contributed by atoms with Crippen molar-refractivity contribution in [2.24, 2.45) is 52.3 Å². The second kappa shape index (κ2) is 6.93. The predicted octanol–water partition coefficient (Wildman–Crippen LogP) is 4.34. The van der Waals surface area contributed by atoms with Crippen molar-refractivity contribution >= 4 is 0 Å². The van der Waals surface area contributed by atoms with Gasteiger partial charge in [0.25, 0.3) is 0 Å². The fourth-order valence-corrected chi connectivity index (χ4v) is 10.5. The van der Waals surface area contributed by atoms with E-state index in [1.54, 1.807) is 0 Å². The quantitative estimate of drug-likeness (QED) is 0.534. The van der Waals surface area contributed by atoms with Crippen LogP contribution in [0.5, 0.6) is 0 Å². The van der Waals surface area contributed by atoms with Crippen LogP contribution in [-0.4, -0.2) is 40.8 Å². The van der Waals surface area contributed by atoms with Crippen molar-refractivity contribution in [2.75, 3.05) is 6.54 Å². The normalized spacial score (nSPS) is 63.3. The van der Waals surface area contributed by atoms with Gasteiger partial charge in [0, 0.05) is 18.4 Å². The third kappa shape index (κ3) is 2.74. The lowest BCUT2D eigenvalue weighted by Gasteiger charge is -2.61. The highest BCUT2D eigenvalue weighted by atomic mass is 16.5. The summed E-state index contributed by atoms with van der Waals surface area (Å²) in [5.74, 6) is 4.04. The van der Waals surface area contributed by atoms with Crippen LogP contribution < -0.4 is 5.32 Å². The number of hydrogen-bond acceptors (Lipinski definition) is 4. The van der Waals surface area contributed by atoms with Gasteiger partial charge in [0.2, 0.25) is 0 Å². The van der Waals surface area contributed by atoms with Gasteiger partial charge in [0.15, 0.2) is 0 Å². The van der Waals surface area contributed by atoms with E-state index >= 15 is 0 Å². The number of fused-ring (bicyclic) bond motifs is 7. The fraction of sp³-hybridized carbons (Fsp3) is 1.00. The second-order valence-electron chi connectivity index (χ2n) is 13.4. The van der Waals surface area contributed by atoms with Gasteiger partial charge in [0.05, 0.1) is 18.3 Å². The highest BCUT2D eigenvalue weighted by Gasteiger charge is 2.71. The molecule has 31 heavy (non-hydrogen) atoms. The Bertz CT molecular complexity index is 719. The van der Waals surface area contributed by atoms with E-state index in [4.69, 9.17) is 4.74 Å². The molecule has 4 nitrogen and oxygen atoms in total. The Labute approximate surface area is 188 Å². The molecule has 176 valence electrons. The summed E-state index contributed by atoms with van der Waals surface area (Å²) in [5.41, 5.74) is 0.336. The summed E-state index contributed by atoms with van der Waals surface area (Å²) in [6.07, 6.45) is 10.1. The minimum Gasteiger partial charge on any atom is -0.393 e. The van der Waals surface area contributed by atoms with E-state index in [-0.39, 0.29) is 29.5 Å². The van der Waals surface area contributed by atoms with Crippen molar-refractivity contribution in [3.05, 3.63) is 0 Å². The van der Waals surface area contributed by atoms with E-state index in [1.165, 1.54) is 38.5 Å². The highest BCUT2D eigenvalue weighted by molar-refractivity contribution is 5.19. The van der Waals surface area contributed by atoms with Crippen LogP contribution in [0.3, 0.4) is 0 Å². The van der Waals surface area contributed by atoms with Crippen LogP contribution in [0, 0.1) is 52.3 Å². The first kappa shape index (κ1) is 21.4. The Morgan fingerprint density at radius 1 is 0.871 bits per heavy atom. The van der Waals surface area contributed by atoms with E-state index in [0.29, 0.717) is 40.9 Å². The highest BCUT2D eigenvalue weighted by Crippen LogP contribution is 2.71. The molecule has 4 heteroatoms. The number of rotatable bonds is 0. The molecule has 2 saturated heterocycles. The van der Waals surface area contributed by atoms with Crippen molar-refractivity contribution in [2.45, 2.75) is 110 Å². The summed E-state index contributed by atoms with van der Waals surface area (Å²) in [5, 5.41) is 25.9. The Hall–Kier alpha value is -0.160. The van der Waals surface area contributed by atoms with Crippen LogP contribution in [0.25, 0.3) is 0 Å². The summed E-state index contributed by atoms with van der Waals surface area (Å²) in [6.45, 7) is 10.8. The van der Waals surface area contributed by atoms with E-state index < -0.39 is 0 Å². The molecule has 6 fully saturated rings. The Kier molecular flexibility index (Phi) is 4.78. The Morgan fingerprint density at radius 2 is 1.65 bits per heavy atom. The van der Waals surface area contributed by atoms with Gasteiger partial charge in [-0.1, -0.05) is 27.7 Å². The molecule has 13 atom stereocenters. The Balaban J connectivity index is 1.30. The van der Waals surface area contributed by atoms with Gasteiger partial charge in [-0.2, -0.15) is 0 Å². The monoisotopic (exact) mass is 431 g/mol. The standard InChI is InChI=1S/C27H45NO3/c1-15-7-12-27(28-14-15)16(2)21-24(31-27)23(30)22-19-6-5-17-13-18(29)8-10-25(17,3)20(19)9-11-26(21,22)4/h15-24,28-30H,5-14H2,1-4H3/t15?,16-,17?,18-,19?,20?,21?,22?,23?,24?,25-,26+,27?/m0/s1. The van der Waals surface area contributed by atoms with Crippen LogP contribution in [0.15, 0.2) is 0 Å². The zero-order valence-electron chi connectivity index (χ0n) is 20.1. The maximum atomic E-state index is 11.8. The van der Waals surface area contributed by atoms with Gasteiger partial charge < -0.3 is 14.9 Å². The van der Waals surface area contributed by atoms with Crippen LogP contribution in [-0.2, 0) is 4.74 Å². The average Bonchev–Trinajstić information content (AvgIpc) is 3.14. The summed E-state index contributed by atoms with van der Waals surface area (Å²) < 4.78 is 6.88. The molecule has 0 amide bonds. The van der Waals surface area contributed by atoms with Crippen molar-refractivity contribution in [3.8, 4) is 0 Å². The average molecular weight is 432 g/mol. The Morgan fingerprint density at radius 3 is 2.39 bits per heavy atom. The first-order valence-electron chi connectivity index (χ1n) is 13.5. The van der Waals surface area contributed by atoms with Crippen LogP contribution >= 0.6 is 0 Å². The lowest BCUT2D eigenvalue weighted by atomic mass is 9.44. The number of aliphatic hydroxyl groups is 2. The van der Waals surface area contributed by atoms with Crippen molar-refractivity contribution < 1.29 is 14.9 Å². The largest absolute Gasteiger partial charge is 0.393 e. The van der Waals surface area contributed by atoms with Gasteiger partial charge in [-0.3, -0.25) is 5.32 Å². The van der Waals surface area contributed by atoms with E-state index in [0.717, 1.165) is 31.7 Å². The second-order valence-corrected chi connectivity index (χ2v) is 13.4. The molecular weight excluding hydrogens is 386 g/mol. The van der Waals surface area contributed by atoms with E-state index in [2.05, 4.69) is 33.0 Å². The summed E-state index contributed by atoms with van der Waals surface area (Å²) in [6, 6.07) is 0. The molecule has 0 bridgehead atoms. The van der Waals surface area contributed by atoms with E-state index in [1.807, 2.05) is 0 Å². The third-order valence-corrected chi connectivity index (χ3v) is 12.1. The number of aliphatic hydroxyl groups excluding tert-OH is 2. The van der Waals surface area contributed by atoms with Crippen molar-refractivity contribution in [3.63, 3.8) is 0 Å². The zero-order chi connectivity index (χ0) is 21.8. The van der Waals surface area contributed by atoms with Crippen LogP contribution in [0.1, 0.15) is 85.5 Å². The van der Waals surface area contributed by atoms with Gasteiger partial charge in [0.1, 0.15) is 5.72 Å². The molecule has 6 rings (SSSR count). The summed E-state index contributed by atoms with van der Waals surface area (Å²) in [7, 11) is 0. The van der Waals surface area contributed by atoms with Crippen molar-refractivity contribution in [1.82, 2.24) is 5.32 Å². The molecule has 6 aliphatic rings. The molecule has 4 saturated carbocycles.